The number of esters is 1. The second-order valence-corrected chi connectivity index (χ2v) is 10.8. The molecule has 2 saturated heterocycles. The van der Waals surface area contributed by atoms with Crippen molar-refractivity contribution in [3.8, 4) is 5.75 Å². The van der Waals surface area contributed by atoms with Gasteiger partial charge in [0, 0.05) is 5.75 Å². The number of nitrogens with one attached hydrogen (secondary N) is 2. The Balaban J connectivity index is 1.56. The monoisotopic (exact) mass is 542 g/mol. The first-order valence-electron chi connectivity index (χ1n) is 12.6. The highest BCUT2D eigenvalue weighted by Gasteiger charge is 2.48. The van der Waals surface area contributed by atoms with Crippen LogP contribution >= 0.6 is 11.8 Å². The number of carbonyl (C=O) groups excluding carboxylic acids is 2. The zero-order valence-electron chi connectivity index (χ0n) is 21.0. The number of phenolic OH excluding ortho intramolecular Hbond substituents is 1. The Bertz CT molecular complexity index is 887. The molecular weight excluding hydrogens is 504 g/mol. The molecule has 1 amide bonds. The lowest BCUT2D eigenvalue weighted by Gasteiger charge is -2.44. The van der Waals surface area contributed by atoms with Crippen molar-refractivity contribution in [2.45, 2.75) is 81.1 Å². The molecule has 2 heterocycles. The van der Waals surface area contributed by atoms with E-state index < -0.39 is 54.0 Å². The molecule has 0 radical (unpaired) electrons. The maximum atomic E-state index is 12.9. The van der Waals surface area contributed by atoms with Gasteiger partial charge in [-0.2, -0.15) is 0 Å². The van der Waals surface area contributed by atoms with Gasteiger partial charge in [0.25, 0.3) is 0 Å². The second-order valence-electron chi connectivity index (χ2n) is 9.62. The lowest BCUT2D eigenvalue weighted by atomic mass is 9.92. The van der Waals surface area contributed by atoms with Crippen LogP contribution in [0.25, 0.3) is 0 Å². The van der Waals surface area contributed by atoms with E-state index in [1.54, 1.807) is 0 Å². The van der Waals surface area contributed by atoms with Gasteiger partial charge in [-0.05, 0) is 56.5 Å². The van der Waals surface area contributed by atoms with E-state index in [1.165, 1.54) is 31.2 Å². The van der Waals surface area contributed by atoms with Gasteiger partial charge < -0.3 is 45.6 Å². The number of hydrogen-bond acceptors (Lipinski definition) is 11. The number of carbonyl (C=O) groups is 2. The molecule has 11 nitrogen and oxygen atoms in total. The molecule has 0 unspecified atom stereocenters. The summed E-state index contributed by atoms with van der Waals surface area (Å²) in [5.41, 5.74) is -0.740. The Kier molecular flexibility index (Phi) is 11.0. The van der Waals surface area contributed by atoms with Crippen LogP contribution in [0.15, 0.2) is 24.3 Å². The van der Waals surface area contributed by atoms with Gasteiger partial charge in [-0.25, -0.2) is 4.79 Å². The number of aliphatic hydroxyl groups is 4. The summed E-state index contributed by atoms with van der Waals surface area (Å²) in [6.45, 7) is 4.25. The fraction of sp³-hybridized carbons (Fsp3) is 0.680. The van der Waals surface area contributed by atoms with Crippen LogP contribution in [-0.4, -0.2) is 104 Å². The van der Waals surface area contributed by atoms with Gasteiger partial charge in [0.2, 0.25) is 5.91 Å². The average molecular weight is 543 g/mol. The van der Waals surface area contributed by atoms with E-state index in [9.17, 15) is 35.1 Å². The molecule has 9 atom stereocenters. The molecule has 1 aromatic rings. The van der Waals surface area contributed by atoms with Crippen molar-refractivity contribution >= 4 is 23.6 Å². The minimum absolute atomic E-state index is 0.0247. The summed E-state index contributed by atoms with van der Waals surface area (Å²) in [6, 6.07) is 4.13. The zero-order valence-corrected chi connectivity index (χ0v) is 21.8. The van der Waals surface area contributed by atoms with Crippen molar-refractivity contribution in [3.05, 3.63) is 29.8 Å². The smallest absolute Gasteiger partial charge is 0.338 e. The maximum Gasteiger partial charge on any atom is 0.338 e. The summed E-state index contributed by atoms with van der Waals surface area (Å²) in [5.74, 6) is -0.290. The van der Waals surface area contributed by atoms with Crippen LogP contribution in [-0.2, 0) is 14.3 Å². The summed E-state index contributed by atoms with van der Waals surface area (Å²) in [5, 5.41) is 57.2. The SMILES string of the molecule is CCC[C@H]1CN[C@H](C(=O)N[C@@H]([C@H]2O[C@H](SCCOC(=O)c3ccc(O)cc3)[C@H](O)[C@@H](O)[C@H]2O)[C@@H](C)O)C1. The van der Waals surface area contributed by atoms with Gasteiger partial charge in [-0.3, -0.25) is 4.79 Å². The molecule has 0 bridgehead atoms. The quantitative estimate of drug-likeness (QED) is 0.145. The molecule has 2 fully saturated rings. The summed E-state index contributed by atoms with van der Waals surface area (Å²) in [7, 11) is 0. The molecule has 0 saturated carbocycles. The number of ether oxygens (including phenoxy) is 2. The average Bonchev–Trinajstić information content (AvgIpc) is 3.34. The third-order valence-electron chi connectivity index (χ3n) is 6.73. The first-order valence-corrected chi connectivity index (χ1v) is 13.7. The Hall–Kier alpha value is -1.93. The van der Waals surface area contributed by atoms with Crippen molar-refractivity contribution in [1.29, 1.82) is 0 Å². The fourth-order valence-electron chi connectivity index (χ4n) is 4.67. The van der Waals surface area contributed by atoms with Gasteiger partial charge in [0.15, 0.2) is 0 Å². The van der Waals surface area contributed by atoms with E-state index in [0.717, 1.165) is 31.1 Å². The van der Waals surface area contributed by atoms with Gasteiger partial charge in [-0.15, -0.1) is 11.8 Å². The Morgan fingerprint density at radius 1 is 1.19 bits per heavy atom. The van der Waals surface area contributed by atoms with Gasteiger partial charge >= 0.3 is 5.97 Å². The van der Waals surface area contributed by atoms with E-state index in [4.69, 9.17) is 9.47 Å². The summed E-state index contributed by atoms with van der Waals surface area (Å²) >= 11 is 1.07. The fourth-order valence-corrected chi connectivity index (χ4v) is 5.64. The number of thioether (sulfide) groups is 1. The van der Waals surface area contributed by atoms with Crippen molar-refractivity contribution in [3.63, 3.8) is 0 Å². The Morgan fingerprint density at radius 3 is 2.54 bits per heavy atom. The van der Waals surface area contributed by atoms with E-state index in [2.05, 4.69) is 17.6 Å². The molecule has 37 heavy (non-hydrogen) atoms. The maximum absolute atomic E-state index is 12.9. The number of rotatable bonds is 11. The number of hydrogen-bond donors (Lipinski definition) is 7. The highest BCUT2D eigenvalue weighted by molar-refractivity contribution is 7.99. The van der Waals surface area contributed by atoms with Crippen molar-refractivity contribution < 1.29 is 44.6 Å². The van der Waals surface area contributed by atoms with E-state index in [-0.39, 0.29) is 29.6 Å². The minimum atomic E-state index is -1.58. The molecule has 0 spiro atoms. The topological polar surface area (TPSA) is 178 Å². The number of amides is 1. The molecule has 2 aliphatic rings. The van der Waals surface area contributed by atoms with Crippen LogP contribution in [0, 0.1) is 5.92 Å². The number of aromatic hydroxyl groups is 1. The predicted molar refractivity (Wildman–Crippen MR) is 136 cm³/mol. The molecular formula is C25H38N2O9S. The van der Waals surface area contributed by atoms with Gasteiger partial charge in [0.1, 0.15) is 42.2 Å². The lowest BCUT2D eigenvalue weighted by Crippen LogP contribution is -2.65. The van der Waals surface area contributed by atoms with E-state index >= 15 is 0 Å². The van der Waals surface area contributed by atoms with Crippen LogP contribution in [0.1, 0.15) is 43.5 Å². The third-order valence-corrected chi connectivity index (χ3v) is 7.85. The van der Waals surface area contributed by atoms with Crippen molar-refractivity contribution in [2.75, 3.05) is 18.9 Å². The standard InChI is InChI=1S/C25H38N2O9S/c1-3-4-14-11-17(26-12-14)23(33)27-18(13(2)28)22-20(31)19(30)21(32)25(36-22)37-10-9-35-24(34)15-5-7-16(29)8-6-15/h5-8,13-14,17-22,25-26,28-32H,3-4,9-12H2,1-2H3,(H,27,33)/t13-,14-,17+,18-,19+,20-,21-,22-,25-/m1/s1. The van der Waals surface area contributed by atoms with Crippen LogP contribution in [0.3, 0.4) is 0 Å². The third kappa shape index (κ3) is 7.79. The van der Waals surface area contributed by atoms with Crippen LogP contribution in [0.2, 0.25) is 0 Å². The lowest BCUT2D eigenvalue weighted by molar-refractivity contribution is -0.211. The normalized spacial score (nSPS) is 31.5. The summed E-state index contributed by atoms with van der Waals surface area (Å²) in [6.07, 6.45) is -4.18. The summed E-state index contributed by atoms with van der Waals surface area (Å²) in [4.78, 5) is 25.0. The molecule has 0 aromatic heterocycles. The Labute approximate surface area is 220 Å². The highest BCUT2D eigenvalue weighted by atomic mass is 32.2. The zero-order chi connectivity index (χ0) is 27.1. The van der Waals surface area contributed by atoms with Crippen molar-refractivity contribution in [1.82, 2.24) is 10.6 Å². The molecule has 0 aliphatic carbocycles. The van der Waals surface area contributed by atoms with Crippen LogP contribution in [0.5, 0.6) is 5.75 Å². The predicted octanol–water partition coefficient (Wildman–Crippen LogP) is -0.266. The first-order chi connectivity index (χ1) is 17.6. The molecule has 2 aliphatic heterocycles. The molecule has 12 heteroatoms. The van der Waals surface area contributed by atoms with Crippen LogP contribution in [0.4, 0.5) is 0 Å². The van der Waals surface area contributed by atoms with Gasteiger partial charge in [0.05, 0.1) is 23.8 Å². The first kappa shape index (κ1) is 29.6. The molecule has 7 N–H and O–H groups in total. The minimum Gasteiger partial charge on any atom is -0.508 e. The number of aliphatic hydroxyl groups excluding tert-OH is 4. The molecule has 3 rings (SSSR count). The highest BCUT2D eigenvalue weighted by Crippen LogP contribution is 2.31. The number of phenols is 1. The second kappa shape index (κ2) is 13.7. The van der Waals surface area contributed by atoms with Crippen molar-refractivity contribution in [2.24, 2.45) is 5.92 Å². The summed E-state index contributed by atoms with van der Waals surface area (Å²) < 4.78 is 11.1. The Morgan fingerprint density at radius 2 is 1.89 bits per heavy atom. The molecule has 1 aromatic carbocycles. The van der Waals surface area contributed by atoms with Gasteiger partial charge in [-0.1, -0.05) is 13.3 Å². The molecule has 208 valence electrons. The van der Waals surface area contributed by atoms with E-state index in [0.29, 0.717) is 12.3 Å². The largest absolute Gasteiger partial charge is 0.508 e. The van der Waals surface area contributed by atoms with Crippen LogP contribution < -0.4 is 10.6 Å². The number of benzene rings is 1. The van der Waals surface area contributed by atoms with E-state index in [1.807, 2.05) is 0 Å².